The van der Waals surface area contributed by atoms with Crippen molar-refractivity contribution in [2.75, 3.05) is 37.7 Å². The predicted molar refractivity (Wildman–Crippen MR) is 135 cm³/mol. The quantitative estimate of drug-likeness (QED) is 0.454. The van der Waals surface area contributed by atoms with Gasteiger partial charge in [-0.3, -0.25) is 4.79 Å². The number of amides is 1. The van der Waals surface area contributed by atoms with Gasteiger partial charge in [0, 0.05) is 37.7 Å². The number of anilines is 1. The lowest BCUT2D eigenvalue weighted by molar-refractivity contribution is 0.0950. The molecular weight excluding hydrogens is 444 g/mol. The number of aromatic nitrogens is 2. The summed E-state index contributed by atoms with van der Waals surface area (Å²) in [6, 6.07) is 5.59. The topological polar surface area (TPSA) is 101 Å². The van der Waals surface area contributed by atoms with Gasteiger partial charge in [0.25, 0.3) is 11.9 Å². The van der Waals surface area contributed by atoms with Crippen molar-refractivity contribution in [1.29, 1.82) is 0 Å². The minimum atomic E-state index is -0.113. The van der Waals surface area contributed by atoms with Crippen LogP contribution in [0.3, 0.4) is 0 Å². The molecule has 1 aromatic carbocycles. The van der Waals surface area contributed by atoms with Crippen molar-refractivity contribution in [1.82, 2.24) is 15.5 Å². The Hall–Kier alpha value is -2.61. The third kappa shape index (κ3) is 6.75. The number of benzene rings is 1. The Morgan fingerprint density at radius 2 is 2.03 bits per heavy atom. The molecule has 2 aliphatic rings. The van der Waals surface area contributed by atoms with Crippen molar-refractivity contribution in [3.8, 4) is 5.75 Å². The van der Waals surface area contributed by atoms with E-state index in [1.807, 2.05) is 25.1 Å². The van der Waals surface area contributed by atoms with E-state index in [9.17, 15) is 4.79 Å². The van der Waals surface area contributed by atoms with E-state index in [1.165, 1.54) is 0 Å². The minimum absolute atomic E-state index is 0.0733. The first-order valence-corrected chi connectivity index (χ1v) is 13.1. The van der Waals surface area contributed by atoms with E-state index in [0.29, 0.717) is 42.4 Å². The molecule has 2 fully saturated rings. The van der Waals surface area contributed by atoms with Gasteiger partial charge in [0.15, 0.2) is 0 Å². The van der Waals surface area contributed by atoms with Crippen LogP contribution in [0.15, 0.2) is 22.7 Å². The van der Waals surface area contributed by atoms with Gasteiger partial charge in [-0.05, 0) is 92.1 Å². The number of ether oxygens (including phenoxy) is 1. The summed E-state index contributed by atoms with van der Waals surface area (Å²) >= 11 is 0. The van der Waals surface area contributed by atoms with Crippen LogP contribution in [0.1, 0.15) is 86.5 Å². The Morgan fingerprint density at radius 1 is 1.26 bits per heavy atom. The summed E-state index contributed by atoms with van der Waals surface area (Å²) in [5.74, 6) is 3.37. The van der Waals surface area contributed by atoms with E-state index >= 15 is 0 Å². The van der Waals surface area contributed by atoms with Crippen LogP contribution < -0.4 is 15.0 Å². The Balaban J connectivity index is 1.14. The van der Waals surface area contributed by atoms with Gasteiger partial charge in [-0.2, -0.15) is 4.98 Å². The molecule has 0 radical (unpaired) electrons. The highest BCUT2D eigenvalue weighted by molar-refractivity contribution is 5.95. The average Bonchev–Trinajstić information content (AvgIpc) is 3.31. The molecule has 2 heterocycles. The fraction of sp³-hybridized carbons (Fsp3) is 0.667. The lowest BCUT2D eigenvalue weighted by Crippen LogP contribution is -2.34. The number of hydrogen-bond acceptors (Lipinski definition) is 7. The van der Waals surface area contributed by atoms with Gasteiger partial charge < -0.3 is 24.6 Å². The monoisotopic (exact) mass is 484 g/mol. The van der Waals surface area contributed by atoms with Gasteiger partial charge >= 0.3 is 0 Å². The highest BCUT2D eigenvalue weighted by Gasteiger charge is 2.40. The molecule has 2 aromatic rings. The second-order valence-electron chi connectivity index (χ2n) is 10.9. The molecule has 35 heavy (non-hydrogen) atoms. The Kier molecular flexibility index (Phi) is 8.31. The summed E-state index contributed by atoms with van der Waals surface area (Å²) < 4.78 is 11.5. The van der Waals surface area contributed by atoms with Crippen molar-refractivity contribution in [3.63, 3.8) is 0 Å². The third-order valence-corrected chi connectivity index (χ3v) is 7.36. The Bertz CT molecular complexity index is 973. The van der Waals surface area contributed by atoms with E-state index in [4.69, 9.17) is 19.4 Å². The summed E-state index contributed by atoms with van der Waals surface area (Å²) in [5.41, 5.74) is 1.94. The molecule has 0 spiro atoms. The van der Waals surface area contributed by atoms with Gasteiger partial charge in [0.1, 0.15) is 5.75 Å². The first-order valence-electron chi connectivity index (χ1n) is 13.1. The van der Waals surface area contributed by atoms with E-state index in [1.54, 1.807) is 0 Å². The number of aryl methyl sites for hydroxylation is 1. The van der Waals surface area contributed by atoms with Crippen LogP contribution >= 0.6 is 0 Å². The maximum atomic E-state index is 12.2. The number of nitrogens with zero attached hydrogens (tertiary/aromatic N) is 3. The molecule has 1 aliphatic heterocycles. The highest BCUT2D eigenvalue weighted by Crippen LogP contribution is 2.50. The second kappa shape index (κ2) is 11.4. The third-order valence-electron chi connectivity index (χ3n) is 7.36. The smallest absolute Gasteiger partial charge is 0.266 e. The summed E-state index contributed by atoms with van der Waals surface area (Å²) in [5, 5.41) is 15.9. The Morgan fingerprint density at radius 3 is 2.71 bits per heavy atom. The largest absolute Gasteiger partial charge is 0.494 e. The second-order valence-corrected chi connectivity index (χ2v) is 10.9. The lowest BCUT2D eigenvalue weighted by Gasteiger charge is -2.40. The number of carbonyl (C=O) groups excluding carboxylic acids is 1. The van der Waals surface area contributed by atoms with Crippen LogP contribution in [0.25, 0.3) is 0 Å². The molecule has 4 rings (SSSR count). The predicted octanol–water partition coefficient (Wildman–Crippen LogP) is 4.47. The van der Waals surface area contributed by atoms with E-state index in [0.717, 1.165) is 74.8 Å². The van der Waals surface area contributed by atoms with Crippen LogP contribution in [0, 0.1) is 18.3 Å². The maximum absolute atomic E-state index is 12.2. The van der Waals surface area contributed by atoms with Crippen molar-refractivity contribution in [3.05, 3.63) is 35.2 Å². The number of hydrogen-bond donors (Lipinski definition) is 2. The number of carbonyl (C=O) groups is 1. The van der Waals surface area contributed by atoms with Crippen LogP contribution in [0.4, 0.5) is 5.95 Å². The van der Waals surface area contributed by atoms with Gasteiger partial charge in [0.05, 0.1) is 6.61 Å². The zero-order chi connectivity index (χ0) is 24.8. The van der Waals surface area contributed by atoms with Crippen LogP contribution in [-0.2, 0) is 0 Å². The first kappa shape index (κ1) is 25.5. The molecule has 1 aromatic heterocycles. The molecule has 0 atom stereocenters. The zero-order valence-electron chi connectivity index (χ0n) is 21.4. The standard InChI is InChI=1S/C27H40N4O4/c1-19-16-22(7-8-23(19)24(33)28-11-5-14-32)34-15-4-6-20-9-12-31(13-10-20)26-29-25(35-30-26)21-17-27(2,3)18-21/h7-8,16,20-21,32H,4-6,9-15,17-18H2,1-3H3,(H,28,33). The van der Waals surface area contributed by atoms with Gasteiger partial charge in [-0.1, -0.05) is 13.8 Å². The summed E-state index contributed by atoms with van der Waals surface area (Å²) in [7, 11) is 0. The SMILES string of the molecule is Cc1cc(OCCCC2CCN(c3noc(C4CC(C)(C)C4)n3)CC2)ccc1C(=O)NCCCO. The van der Waals surface area contributed by atoms with Gasteiger partial charge in [-0.15, -0.1) is 0 Å². The number of aliphatic hydroxyl groups is 1. The van der Waals surface area contributed by atoms with E-state index in [2.05, 4.69) is 29.2 Å². The molecule has 8 heteroatoms. The molecule has 1 saturated carbocycles. The number of rotatable bonds is 11. The summed E-state index contributed by atoms with van der Waals surface area (Å²) in [6.07, 6.45) is 7.25. The fourth-order valence-corrected chi connectivity index (χ4v) is 5.31. The molecule has 8 nitrogen and oxygen atoms in total. The average molecular weight is 485 g/mol. The van der Waals surface area contributed by atoms with Crippen LogP contribution in [-0.4, -0.2) is 54.0 Å². The fourth-order valence-electron chi connectivity index (χ4n) is 5.31. The van der Waals surface area contributed by atoms with Crippen molar-refractivity contribution < 1.29 is 19.2 Å². The molecule has 1 aliphatic carbocycles. The summed E-state index contributed by atoms with van der Waals surface area (Å²) in [6.45, 7) is 9.66. The molecule has 1 saturated heterocycles. The van der Waals surface area contributed by atoms with Crippen LogP contribution in [0.2, 0.25) is 0 Å². The number of piperidine rings is 1. The van der Waals surface area contributed by atoms with E-state index < -0.39 is 0 Å². The van der Waals surface area contributed by atoms with Crippen molar-refractivity contribution in [2.24, 2.45) is 11.3 Å². The molecule has 1 amide bonds. The first-order chi connectivity index (χ1) is 16.8. The maximum Gasteiger partial charge on any atom is 0.266 e. The van der Waals surface area contributed by atoms with Crippen molar-refractivity contribution >= 4 is 11.9 Å². The molecule has 0 unspecified atom stereocenters. The normalized spacial score (nSPS) is 18.3. The molecule has 192 valence electrons. The van der Waals surface area contributed by atoms with Gasteiger partial charge in [-0.25, -0.2) is 0 Å². The molecule has 2 N–H and O–H groups in total. The lowest BCUT2D eigenvalue weighted by atomic mass is 9.64. The van der Waals surface area contributed by atoms with E-state index in [-0.39, 0.29) is 12.5 Å². The van der Waals surface area contributed by atoms with Crippen LogP contribution in [0.5, 0.6) is 5.75 Å². The summed E-state index contributed by atoms with van der Waals surface area (Å²) in [4.78, 5) is 19.2. The van der Waals surface area contributed by atoms with Crippen molar-refractivity contribution in [2.45, 2.75) is 71.6 Å². The molecule has 0 bridgehead atoms. The Labute approximate surface area is 208 Å². The van der Waals surface area contributed by atoms with Gasteiger partial charge in [0.2, 0.25) is 5.89 Å². The zero-order valence-corrected chi connectivity index (χ0v) is 21.4. The molecular formula is C27H40N4O4. The number of nitrogens with one attached hydrogen (secondary N) is 1. The minimum Gasteiger partial charge on any atom is -0.494 e. The number of aliphatic hydroxyl groups excluding tert-OH is 1. The highest BCUT2D eigenvalue weighted by atomic mass is 16.5.